The van der Waals surface area contributed by atoms with Crippen LogP contribution >= 0.6 is 15.3 Å². The first-order valence-electron chi connectivity index (χ1n) is 11.4. The van der Waals surface area contributed by atoms with Gasteiger partial charge >= 0.3 is 14.4 Å². The third-order valence-electron chi connectivity index (χ3n) is 6.27. The fourth-order valence-electron chi connectivity index (χ4n) is 5.31. The Hall–Kier alpha value is -0.406. The van der Waals surface area contributed by atoms with E-state index < -0.39 is 14.4 Å². The van der Waals surface area contributed by atoms with Gasteiger partial charge in [-0.15, -0.1) is 0 Å². The van der Waals surface area contributed by atoms with E-state index in [1.54, 1.807) is 0 Å². The van der Waals surface area contributed by atoms with E-state index in [4.69, 9.17) is 0 Å². The highest BCUT2D eigenvalue weighted by Crippen LogP contribution is 2.55. The second-order valence-corrected chi connectivity index (χ2v) is 28.7. The van der Waals surface area contributed by atoms with Crippen molar-refractivity contribution in [2.24, 2.45) is 0 Å². The molecule has 30 heavy (non-hydrogen) atoms. The van der Waals surface area contributed by atoms with Gasteiger partial charge in [-0.25, -0.2) is 0 Å². The molecule has 0 radical (unpaired) electrons. The molecule has 0 amide bonds. The maximum Gasteiger partial charge on any atom is 0.369 e. The molecule has 0 spiro atoms. The first kappa shape index (κ1) is 25.9. The topological polar surface area (TPSA) is 13.0 Å². The third kappa shape index (κ3) is 3.70. The van der Waals surface area contributed by atoms with Crippen molar-refractivity contribution >= 4 is 29.7 Å². The molecule has 2 rings (SSSR count). The summed E-state index contributed by atoms with van der Waals surface area (Å²) in [6, 6.07) is 0. The van der Waals surface area contributed by atoms with Gasteiger partial charge in [-0.05, 0) is 88.6 Å². The number of halogens is 1. The zero-order chi connectivity index (χ0) is 23.7. The summed E-state index contributed by atoms with van der Waals surface area (Å²) in [5.41, 5.74) is 0.646. The first-order chi connectivity index (χ1) is 13.1. The summed E-state index contributed by atoms with van der Waals surface area (Å²) in [4.78, 5) is 0. The van der Waals surface area contributed by atoms with Crippen molar-refractivity contribution in [3.8, 4) is 0 Å². The molecule has 174 valence electrons. The van der Waals surface area contributed by atoms with Crippen molar-refractivity contribution in [1.29, 1.82) is 0 Å². The van der Waals surface area contributed by atoms with E-state index in [2.05, 4.69) is 155 Å². The van der Waals surface area contributed by atoms with Gasteiger partial charge in [-0.1, -0.05) is 29.1 Å². The molecule has 0 aromatic carbocycles. The zero-order valence-corrected chi connectivity index (χ0v) is 25.6. The molecule has 2 heterocycles. The normalized spacial score (nSPS) is 22.1. The van der Waals surface area contributed by atoms with E-state index in [1.807, 2.05) is 0 Å². The standard InChI is InChI=1S/C23H47BrN4Si2/c1-19(2)29(25(20(3,4)5)15-16-26(29)21(6,7)8)30(24)27(22(9,10)11)17-18-28(30)23(12,13)14/h15-19H,1-14H3. The molecule has 0 saturated carbocycles. The summed E-state index contributed by atoms with van der Waals surface area (Å²) in [5, 5.41) is 0. The summed E-state index contributed by atoms with van der Waals surface area (Å²) in [7, 11) is -2.38. The van der Waals surface area contributed by atoms with E-state index in [0.717, 1.165) is 0 Å². The molecular formula is C23H47BrN4Si2. The molecule has 4 nitrogen and oxygen atoms in total. The molecule has 0 atom stereocenters. The SMILES string of the molecule is CC(C)[Si]1([Si]2(Br)N(C(C)(C)C)C=CN2C(C)(C)C)N(C(C)(C)C)C=CN1C(C)(C)C. The number of rotatable bonds is 2. The van der Waals surface area contributed by atoms with E-state index in [1.165, 1.54) is 0 Å². The zero-order valence-electron chi connectivity index (χ0n) is 22.1. The fraction of sp³-hybridized carbons (Fsp3) is 0.826. The summed E-state index contributed by atoms with van der Waals surface area (Å²) in [5.74, 6) is 0. The van der Waals surface area contributed by atoms with Crippen LogP contribution in [0.4, 0.5) is 0 Å². The van der Waals surface area contributed by atoms with Crippen molar-refractivity contribution in [1.82, 2.24) is 18.3 Å². The van der Waals surface area contributed by atoms with Crippen LogP contribution < -0.4 is 0 Å². The molecule has 0 aliphatic carbocycles. The van der Waals surface area contributed by atoms with Crippen molar-refractivity contribution < 1.29 is 0 Å². The minimum Gasteiger partial charge on any atom is -0.380 e. The molecule has 0 bridgehead atoms. The molecule has 0 N–H and O–H groups in total. The van der Waals surface area contributed by atoms with Crippen LogP contribution in [0.1, 0.15) is 96.9 Å². The summed E-state index contributed by atoms with van der Waals surface area (Å²) in [6.07, 6.45) is 9.58. The maximum atomic E-state index is 4.67. The first-order valence-corrected chi connectivity index (χ1v) is 18.5. The van der Waals surface area contributed by atoms with Crippen LogP contribution in [-0.4, -0.2) is 54.9 Å². The molecule has 0 unspecified atom stereocenters. The van der Waals surface area contributed by atoms with Crippen LogP contribution in [0.5, 0.6) is 0 Å². The Morgan fingerprint density at radius 2 is 0.767 bits per heavy atom. The maximum absolute atomic E-state index is 4.67. The van der Waals surface area contributed by atoms with Crippen LogP contribution in [0, 0.1) is 0 Å². The van der Waals surface area contributed by atoms with Gasteiger partial charge in [0.25, 0.3) is 0 Å². The van der Waals surface area contributed by atoms with E-state index in [0.29, 0.717) is 5.54 Å². The van der Waals surface area contributed by atoms with Gasteiger partial charge in [0.2, 0.25) is 0 Å². The van der Waals surface area contributed by atoms with Crippen molar-refractivity contribution in [2.45, 2.75) is 125 Å². The van der Waals surface area contributed by atoms with Gasteiger partial charge < -0.3 is 18.3 Å². The summed E-state index contributed by atoms with van der Waals surface area (Å²) >= 11 is 4.67. The molecule has 2 aliphatic heterocycles. The Kier molecular flexibility index (Phi) is 6.29. The Morgan fingerprint density at radius 3 is 0.967 bits per heavy atom. The van der Waals surface area contributed by atoms with E-state index in [9.17, 15) is 0 Å². The second-order valence-electron chi connectivity index (χ2n) is 13.2. The Bertz CT molecular complexity index is 657. The largest absolute Gasteiger partial charge is 0.380 e. The van der Waals surface area contributed by atoms with Crippen molar-refractivity contribution in [3.05, 3.63) is 24.8 Å². The Balaban J connectivity index is 2.99. The predicted molar refractivity (Wildman–Crippen MR) is 140 cm³/mol. The molecule has 0 saturated heterocycles. The van der Waals surface area contributed by atoms with Crippen LogP contribution in [-0.2, 0) is 0 Å². The highest BCUT2D eigenvalue weighted by Gasteiger charge is 2.76. The smallest absolute Gasteiger partial charge is 0.369 e. The molecule has 0 fully saturated rings. The minimum atomic E-state index is -2.45. The van der Waals surface area contributed by atoms with Crippen LogP contribution in [0.2, 0.25) is 5.54 Å². The summed E-state index contributed by atoms with van der Waals surface area (Å²) < 4.78 is 11.0. The van der Waals surface area contributed by atoms with Gasteiger partial charge in [0.05, 0.1) is 0 Å². The van der Waals surface area contributed by atoms with Crippen LogP contribution in [0.3, 0.4) is 0 Å². The van der Waals surface area contributed by atoms with Gasteiger partial charge in [0.1, 0.15) is 0 Å². The van der Waals surface area contributed by atoms with E-state index in [-0.39, 0.29) is 22.2 Å². The van der Waals surface area contributed by atoms with Crippen molar-refractivity contribution in [2.75, 3.05) is 0 Å². The lowest BCUT2D eigenvalue weighted by molar-refractivity contribution is 0.242. The van der Waals surface area contributed by atoms with Gasteiger partial charge in [0.15, 0.2) is 0 Å². The average Bonchev–Trinajstić information content (AvgIpc) is 3.04. The quantitative estimate of drug-likeness (QED) is 0.303. The highest BCUT2D eigenvalue weighted by atomic mass is 79.9. The second kappa shape index (κ2) is 7.30. The summed E-state index contributed by atoms with van der Waals surface area (Å²) in [6.45, 7) is 30.9. The van der Waals surface area contributed by atoms with Gasteiger partial charge in [-0.3, -0.25) is 0 Å². The third-order valence-corrected chi connectivity index (χ3v) is 29.8. The number of hydrogen-bond donors (Lipinski definition) is 0. The monoisotopic (exact) mass is 514 g/mol. The number of hydrogen-bond acceptors (Lipinski definition) is 4. The number of nitrogens with zero attached hydrogens (tertiary/aromatic N) is 4. The van der Waals surface area contributed by atoms with E-state index >= 15 is 0 Å². The van der Waals surface area contributed by atoms with Crippen molar-refractivity contribution in [3.63, 3.8) is 0 Å². The fourth-order valence-corrected chi connectivity index (χ4v) is 36.4. The lowest BCUT2D eigenvalue weighted by atomic mass is 10.1. The van der Waals surface area contributed by atoms with Crippen LogP contribution in [0.15, 0.2) is 24.8 Å². The highest BCUT2D eigenvalue weighted by molar-refractivity contribution is 9.27. The average molecular weight is 516 g/mol. The van der Waals surface area contributed by atoms with Crippen LogP contribution in [0.25, 0.3) is 0 Å². The molecular weight excluding hydrogens is 468 g/mol. The molecule has 0 aromatic rings. The Labute approximate surface area is 197 Å². The molecule has 7 heteroatoms. The van der Waals surface area contributed by atoms with Gasteiger partial charge in [-0.2, -0.15) is 0 Å². The van der Waals surface area contributed by atoms with Gasteiger partial charge in [0, 0.05) is 47.0 Å². The lowest BCUT2D eigenvalue weighted by Crippen LogP contribution is -2.89. The molecule has 2 aliphatic rings. The molecule has 0 aromatic heterocycles. The predicted octanol–water partition coefficient (Wildman–Crippen LogP) is 6.62. The minimum absolute atomic E-state index is 0.0246. The lowest BCUT2D eigenvalue weighted by Gasteiger charge is -2.65. The Morgan fingerprint density at radius 1 is 0.533 bits per heavy atom.